The minimum Gasteiger partial charge on any atom is -0.444 e. The summed E-state index contributed by atoms with van der Waals surface area (Å²) in [5.41, 5.74) is 0.572. The molecule has 1 saturated heterocycles. The van der Waals surface area contributed by atoms with E-state index < -0.39 is 27.8 Å². The molecule has 2 N–H and O–H groups in total. The summed E-state index contributed by atoms with van der Waals surface area (Å²) in [6.45, 7) is 6.90. The first-order valence-corrected chi connectivity index (χ1v) is 15.2. The van der Waals surface area contributed by atoms with Crippen LogP contribution in [0.4, 0.5) is 4.79 Å². The number of rotatable bonds is 9. The highest BCUT2D eigenvalue weighted by Crippen LogP contribution is 2.23. The molecule has 0 aliphatic carbocycles. The zero-order valence-corrected chi connectivity index (χ0v) is 24.8. The molecule has 2 aromatic rings. The van der Waals surface area contributed by atoms with Crippen LogP contribution in [0, 0.1) is 17.2 Å². The summed E-state index contributed by atoms with van der Waals surface area (Å²) in [4.78, 5) is 27.3. The Morgan fingerprint density at radius 2 is 1.85 bits per heavy atom. The molecule has 1 unspecified atom stereocenters. The van der Waals surface area contributed by atoms with Crippen molar-refractivity contribution in [3.05, 3.63) is 64.1 Å². The van der Waals surface area contributed by atoms with Crippen molar-refractivity contribution in [1.82, 2.24) is 14.9 Å². The number of halogens is 1. The lowest BCUT2D eigenvalue weighted by molar-refractivity contribution is -0.134. The van der Waals surface area contributed by atoms with E-state index in [-0.39, 0.29) is 17.2 Å². The molecule has 1 aliphatic heterocycles. The van der Waals surface area contributed by atoms with E-state index in [4.69, 9.17) is 4.74 Å². The molecule has 0 saturated carbocycles. The van der Waals surface area contributed by atoms with Crippen molar-refractivity contribution >= 4 is 38.0 Å². The average Bonchev–Trinajstić information content (AvgIpc) is 2.87. The molecule has 11 heteroatoms. The lowest BCUT2D eigenvalue weighted by atomic mass is 9.93. The molecule has 1 fully saturated rings. The van der Waals surface area contributed by atoms with E-state index in [0.29, 0.717) is 41.2 Å². The number of alkyl carbamates (subject to hydrolysis) is 1. The quantitative estimate of drug-likeness (QED) is 0.429. The van der Waals surface area contributed by atoms with Gasteiger partial charge in [0.2, 0.25) is 15.9 Å². The molecule has 1 aliphatic rings. The Morgan fingerprint density at radius 3 is 2.49 bits per heavy atom. The Morgan fingerprint density at radius 1 is 1.15 bits per heavy atom. The van der Waals surface area contributed by atoms with Gasteiger partial charge in [-0.15, -0.1) is 0 Å². The molecule has 210 valence electrons. The maximum Gasteiger partial charge on any atom is 0.407 e. The van der Waals surface area contributed by atoms with Crippen molar-refractivity contribution < 1.29 is 22.7 Å². The molecule has 39 heavy (non-hydrogen) atoms. The minimum absolute atomic E-state index is 0.0525. The summed E-state index contributed by atoms with van der Waals surface area (Å²) >= 11 is 3.30. The number of benzene rings is 2. The van der Waals surface area contributed by atoms with Crippen LogP contribution in [-0.4, -0.2) is 56.6 Å². The molecule has 3 rings (SSSR count). The van der Waals surface area contributed by atoms with Crippen LogP contribution in [-0.2, 0) is 26.0 Å². The normalized spacial score (nSPS) is 15.3. The highest BCUT2D eigenvalue weighted by Gasteiger charge is 2.32. The number of nitriles is 1. The summed E-state index contributed by atoms with van der Waals surface area (Å²) in [6, 6.07) is 14.2. The fourth-order valence-corrected chi connectivity index (χ4v) is 6.21. The number of sulfonamides is 1. The largest absolute Gasteiger partial charge is 0.444 e. The second-order valence-corrected chi connectivity index (χ2v) is 13.3. The van der Waals surface area contributed by atoms with Crippen LogP contribution in [0.2, 0.25) is 0 Å². The van der Waals surface area contributed by atoms with Crippen LogP contribution in [0.15, 0.2) is 57.9 Å². The lowest BCUT2D eigenvalue weighted by Gasteiger charge is -2.34. The van der Waals surface area contributed by atoms with E-state index in [2.05, 4.69) is 32.0 Å². The standard InChI is InChI=1S/C28H35BrN4O5S/c1-28(2,3)38-27(35)31-13-10-20-11-14-33(15-12-20)26(34)25(17-21-6-4-7-22(16-21)19-30)32-39(36,37)24-9-5-8-23(29)18-24/h4-9,16,18,20,25,32H,10-15,17H2,1-3H3,(H,31,35). The predicted molar refractivity (Wildman–Crippen MR) is 151 cm³/mol. The first-order chi connectivity index (χ1) is 18.4. The van der Waals surface area contributed by atoms with Gasteiger partial charge in [0.1, 0.15) is 11.6 Å². The molecule has 9 nitrogen and oxygen atoms in total. The second-order valence-electron chi connectivity index (χ2n) is 10.6. The monoisotopic (exact) mass is 618 g/mol. The van der Waals surface area contributed by atoms with E-state index in [1.54, 1.807) is 41.3 Å². The smallest absolute Gasteiger partial charge is 0.407 e. The van der Waals surface area contributed by atoms with Gasteiger partial charge in [0, 0.05) is 24.1 Å². The molecular formula is C28H35BrN4O5S. The number of piperidine rings is 1. The van der Waals surface area contributed by atoms with E-state index in [9.17, 15) is 23.3 Å². The highest BCUT2D eigenvalue weighted by atomic mass is 79.9. The summed E-state index contributed by atoms with van der Waals surface area (Å²) in [7, 11) is -3.99. The number of carbonyl (C=O) groups is 2. The summed E-state index contributed by atoms with van der Waals surface area (Å²) < 4.78 is 34.9. The van der Waals surface area contributed by atoms with E-state index in [1.165, 1.54) is 12.1 Å². The van der Waals surface area contributed by atoms with Gasteiger partial charge in [-0.25, -0.2) is 13.2 Å². The van der Waals surface area contributed by atoms with Crippen molar-refractivity contribution in [2.45, 2.75) is 63.0 Å². The number of nitrogens with zero attached hydrogens (tertiary/aromatic N) is 2. The van der Waals surface area contributed by atoms with Crippen molar-refractivity contribution in [3.8, 4) is 6.07 Å². The molecule has 0 bridgehead atoms. The third kappa shape index (κ3) is 9.64. The summed E-state index contributed by atoms with van der Waals surface area (Å²) in [6.07, 6.45) is 1.92. The van der Waals surface area contributed by atoms with Crippen molar-refractivity contribution in [3.63, 3.8) is 0 Å². The lowest BCUT2D eigenvalue weighted by Crippen LogP contribution is -2.51. The van der Waals surface area contributed by atoms with Crippen molar-refractivity contribution in [2.75, 3.05) is 19.6 Å². The first-order valence-electron chi connectivity index (χ1n) is 12.9. The van der Waals surface area contributed by atoms with Gasteiger partial charge in [-0.2, -0.15) is 9.98 Å². The van der Waals surface area contributed by atoms with Crippen LogP contribution < -0.4 is 10.0 Å². The molecule has 1 atom stereocenters. The van der Waals surface area contributed by atoms with Gasteiger partial charge in [-0.1, -0.05) is 34.1 Å². The maximum absolute atomic E-state index is 13.6. The molecule has 0 radical (unpaired) electrons. The van der Waals surface area contributed by atoms with Gasteiger partial charge in [0.25, 0.3) is 0 Å². The van der Waals surface area contributed by atoms with E-state index >= 15 is 0 Å². The summed E-state index contributed by atoms with van der Waals surface area (Å²) in [5, 5.41) is 12.0. The molecule has 0 spiro atoms. The van der Waals surface area contributed by atoms with Crippen LogP contribution in [0.1, 0.15) is 51.2 Å². The van der Waals surface area contributed by atoms with E-state index in [0.717, 1.165) is 19.3 Å². The van der Waals surface area contributed by atoms with Crippen LogP contribution in [0.5, 0.6) is 0 Å². The Bertz CT molecular complexity index is 1310. The fourth-order valence-electron chi connectivity index (χ4n) is 4.43. The molecule has 2 amide bonds. The molecular weight excluding hydrogens is 584 g/mol. The molecule has 2 aromatic carbocycles. The topological polar surface area (TPSA) is 129 Å². The Kier molecular flexibility index (Phi) is 10.5. The fraction of sp³-hybridized carbons (Fsp3) is 0.464. The Labute approximate surface area is 239 Å². The first kappa shape index (κ1) is 30.6. The second kappa shape index (κ2) is 13.4. The third-order valence-electron chi connectivity index (χ3n) is 6.34. The van der Waals surface area contributed by atoms with Gasteiger partial charge in [-0.3, -0.25) is 4.79 Å². The summed E-state index contributed by atoms with van der Waals surface area (Å²) in [5.74, 6) is 0.0226. The van der Waals surface area contributed by atoms with Gasteiger partial charge < -0.3 is 15.0 Å². The van der Waals surface area contributed by atoms with Crippen LogP contribution in [0.25, 0.3) is 0 Å². The van der Waals surface area contributed by atoms with Gasteiger partial charge in [0.05, 0.1) is 16.5 Å². The van der Waals surface area contributed by atoms with Gasteiger partial charge >= 0.3 is 6.09 Å². The minimum atomic E-state index is -3.99. The van der Waals surface area contributed by atoms with Gasteiger partial charge in [0.15, 0.2) is 0 Å². The molecule has 1 heterocycles. The van der Waals surface area contributed by atoms with E-state index in [1.807, 2.05) is 20.8 Å². The maximum atomic E-state index is 13.6. The van der Waals surface area contributed by atoms with Crippen molar-refractivity contribution in [1.29, 1.82) is 5.26 Å². The van der Waals surface area contributed by atoms with Gasteiger partial charge in [-0.05, 0) is 88.3 Å². The predicted octanol–water partition coefficient (Wildman–Crippen LogP) is 4.36. The third-order valence-corrected chi connectivity index (χ3v) is 8.31. The Hall–Kier alpha value is -2.94. The molecule has 0 aromatic heterocycles. The highest BCUT2D eigenvalue weighted by molar-refractivity contribution is 9.10. The zero-order valence-electron chi connectivity index (χ0n) is 22.4. The van der Waals surface area contributed by atoms with Crippen molar-refractivity contribution in [2.24, 2.45) is 5.92 Å². The number of nitrogens with one attached hydrogen (secondary N) is 2. The SMILES string of the molecule is CC(C)(C)OC(=O)NCCC1CCN(C(=O)C(Cc2cccc(C#N)c2)NS(=O)(=O)c2cccc(Br)c2)CC1. The zero-order chi connectivity index (χ0) is 28.6. The number of hydrogen-bond acceptors (Lipinski definition) is 6. The number of amides is 2. The average molecular weight is 620 g/mol. The van der Waals surface area contributed by atoms with Crippen LogP contribution in [0.3, 0.4) is 0 Å². The van der Waals surface area contributed by atoms with Crippen LogP contribution >= 0.6 is 15.9 Å². The number of likely N-dealkylation sites (tertiary alicyclic amines) is 1. The number of hydrogen-bond donors (Lipinski definition) is 2. The number of ether oxygens (including phenoxy) is 1. The Balaban J connectivity index is 1.66. The number of carbonyl (C=O) groups excluding carboxylic acids is 2.